The Labute approximate surface area is 144 Å². The van der Waals surface area contributed by atoms with Crippen LogP contribution >= 0.6 is 11.3 Å². The summed E-state index contributed by atoms with van der Waals surface area (Å²) in [4.78, 5) is 5.39. The third-order valence-electron chi connectivity index (χ3n) is 3.15. The number of aromatic nitrogens is 1. The molecule has 24 heavy (non-hydrogen) atoms. The number of amidine groups is 1. The number of nitrogens with one attached hydrogen (secondary N) is 1. The second-order valence-electron chi connectivity index (χ2n) is 5.00. The Morgan fingerprint density at radius 2 is 1.67 bits per heavy atom. The monoisotopic (exact) mass is 357 g/mol. The highest BCUT2D eigenvalue weighted by Gasteiger charge is 2.16. The quantitative estimate of drug-likeness (QED) is 0.571. The van der Waals surface area contributed by atoms with Crippen LogP contribution in [0.3, 0.4) is 0 Å². The van der Waals surface area contributed by atoms with Gasteiger partial charge < -0.3 is 5.32 Å². The van der Waals surface area contributed by atoms with E-state index in [1.54, 1.807) is 36.5 Å². The van der Waals surface area contributed by atoms with Gasteiger partial charge in [-0.25, -0.2) is 4.98 Å². The standard InChI is InChI=1S/C17H15N3O2S2/c1-13-12-18-17(23-13)19-16(14-8-4-2-5-9-14)20-24(21,22)15-10-6-3-7-11-15/h2-12H,1H3,(H,18,19,20). The number of hydrogen-bond donors (Lipinski definition) is 1. The largest absolute Gasteiger partial charge is 0.315 e. The molecule has 3 aromatic rings. The van der Waals surface area contributed by atoms with Gasteiger partial charge in [0.2, 0.25) is 0 Å². The average Bonchev–Trinajstić information content (AvgIpc) is 3.01. The van der Waals surface area contributed by atoms with Crippen molar-refractivity contribution in [3.8, 4) is 0 Å². The van der Waals surface area contributed by atoms with E-state index in [0.29, 0.717) is 10.7 Å². The van der Waals surface area contributed by atoms with Gasteiger partial charge in [-0.2, -0.15) is 8.42 Å². The van der Waals surface area contributed by atoms with Crippen molar-refractivity contribution in [2.75, 3.05) is 5.32 Å². The van der Waals surface area contributed by atoms with Gasteiger partial charge in [0.05, 0.1) is 4.90 Å². The first kappa shape index (κ1) is 16.4. The molecule has 5 nitrogen and oxygen atoms in total. The van der Waals surface area contributed by atoms with Crippen LogP contribution in [0.25, 0.3) is 0 Å². The van der Waals surface area contributed by atoms with Crippen molar-refractivity contribution < 1.29 is 8.42 Å². The Morgan fingerprint density at radius 3 is 2.25 bits per heavy atom. The van der Waals surface area contributed by atoms with E-state index in [0.717, 1.165) is 4.88 Å². The predicted molar refractivity (Wildman–Crippen MR) is 97.1 cm³/mol. The summed E-state index contributed by atoms with van der Waals surface area (Å²) in [7, 11) is -3.82. The number of benzene rings is 2. The van der Waals surface area contributed by atoms with Crippen LogP contribution < -0.4 is 5.32 Å². The highest BCUT2D eigenvalue weighted by molar-refractivity contribution is 7.90. The molecule has 3 rings (SSSR count). The Kier molecular flexibility index (Phi) is 4.73. The molecule has 1 N–H and O–H groups in total. The van der Waals surface area contributed by atoms with Gasteiger partial charge >= 0.3 is 0 Å². The van der Waals surface area contributed by atoms with E-state index in [2.05, 4.69) is 14.7 Å². The molecular formula is C17H15N3O2S2. The lowest BCUT2D eigenvalue weighted by Crippen LogP contribution is -2.16. The Balaban J connectivity index is 2.04. The van der Waals surface area contributed by atoms with Crippen molar-refractivity contribution in [3.05, 3.63) is 77.3 Å². The summed E-state index contributed by atoms with van der Waals surface area (Å²) < 4.78 is 29.1. The number of aryl methyl sites for hydroxylation is 1. The number of nitrogens with zero attached hydrogens (tertiary/aromatic N) is 2. The van der Waals surface area contributed by atoms with Crippen LogP contribution in [0.2, 0.25) is 0 Å². The normalized spacial score (nSPS) is 12.1. The minimum Gasteiger partial charge on any atom is -0.315 e. The van der Waals surface area contributed by atoms with Crippen LogP contribution in [-0.2, 0) is 10.0 Å². The van der Waals surface area contributed by atoms with Gasteiger partial charge in [0.15, 0.2) is 11.0 Å². The van der Waals surface area contributed by atoms with Crippen molar-refractivity contribution >= 4 is 32.3 Å². The Hall–Kier alpha value is -2.51. The van der Waals surface area contributed by atoms with Crippen molar-refractivity contribution in [1.29, 1.82) is 0 Å². The zero-order chi connectivity index (χ0) is 17.0. The summed E-state index contributed by atoms with van der Waals surface area (Å²) in [5.41, 5.74) is 0.671. The van der Waals surface area contributed by atoms with Crippen molar-refractivity contribution in [2.45, 2.75) is 11.8 Å². The lowest BCUT2D eigenvalue weighted by atomic mass is 10.2. The van der Waals surface area contributed by atoms with Gasteiger partial charge in [0.25, 0.3) is 10.0 Å². The van der Waals surface area contributed by atoms with Gasteiger partial charge in [-0.05, 0) is 19.1 Å². The number of sulfonamides is 1. The maximum atomic E-state index is 12.6. The highest BCUT2D eigenvalue weighted by Crippen LogP contribution is 2.19. The van der Waals surface area contributed by atoms with Crippen LogP contribution in [-0.4, -0.2) is 19.2 Å². The summed E-state index contributed by atoms with van der Waals surface area (Å²) in [6, 6.07) is 17.3. The molecule has 0 saturated heterocycles. The van der Waals surface area contributed by atoms with E-state index < -0.39 is 10.0 Å². The molecule has 0 amide bonds. The second kappa shape index (κ2) is 6.94. The zero-order valence-corrected chi connectivity index (χ0v) is 14.5. The molecule has 0 aliphatic carbocycles. The smallest absolute Gasteiger partial charge is 0.284 e. The molecular weight excluding hydrogens is 342 g/mol. The first-order valence-electron chi connectivity index (χ1n) is 7.19. The van der Waals surface area contributed by atoms with Gasteiger partial charge in [-0.15, -0.1) is 15.7 Å². The molecule has 0 bridgehead atoms. The van der Waals surface area contributed by atoms with Gasteiger partial charge in [0.1, 0.15) is 0 Å². The summed E-state index contributed by atoms with van der Waals surface area (Å²) >= 11 is 1.43. The average molecular weight is 357 g/mol. The fourth-order valence-corrected chi connectivity index (χ4v) is 3.68. The molecule has 2 aromatic carbocycles. The fourth-order valence-electron chi connectivity index (χ4n) is 2.02. The number of hydrogen-bond acceptors (Lipinski definition) is 4. The number of thiazole rings is 1. The summed E-state index contributed by atoms with van der Waals surface area (Å²) in [5, 5.41) is 3.62. The van der Waals surface area contributed by atoms with E-state index in [-0.39, 0.29) is 10.7 Å². The van der Waals surface area contributed by atoms with Crippen LogP contribution in [0, 0.1) is 6.92 Å². The minimum atomic E-state index is -3.82. The highest BCUT2D eigenvalue weighted by atomic mass is 32.2. The van der Waals surface area contributed by atoms with Crippen LogP contribution in [0.5, 0.6) is 0 Å². The summed E-state index contributed by atoms with van der Waals surface area (Å²) in [6.45, 7) is 1.93. The van der Waals surface area contributed by atoms with Crippen molar-refractivity contribution in [1.82, 2.24) is 4.98 Å². The minimum absolute atomic E-state index is 0.149. The van der Waals surface area contributed by atoms with E-state index in [1.807, 2.05) is 25.1 Å². The van der Waals surface area contributed by atoms with Gasteiger partial charge in [-0.3, -0.25) is 0 Å². The lowest BCUT2D eigenvalue weighted by Gasteiger charge is -2.08. The van der Waals surface area contributed by atoms with Crippen LogP contribution in [0.4, 0.5) is 5.13 Å². The molecule has 0 saturated carbocycles. The van der Waals surface area contributed by atoms with Crippen LogP contribution in [0.1, 0.15) is 10.4 Å². The lowest BCUT2D eigenvalue weighted by molar-refractivity contribution is 0.598. The third-order valence-corrected chi connectivity index (χ3v) is 5.27. The van der Waals surface area contributed by atoms with E-state index in [9.17, 15) is 8.42 Å². The summed E-state index contributed by atoms with van der Waals surface area (Å²) in [6.07, 6.45) is 1.72. The molecule has 0 aliphatic rings. The SMILES string of the molecule is Cc1cnc(N/C(=N/S(=O)(=O)c2ccccc2)c2ccccc2)s1. The van der Waals surface area contributed by atoms with E-state index >= 15 is 0 Å². The summed E-state index contributed by atoms with van der Waals surface area (Å²) in [5.74, 6) is 0.244. The topological polar surface area (TPSA) is 71.4 Å². The Bertz CT molecular complexity index is 950. The fraction of sp³-hybridized carbons (Fsp3) is 0.0588. The molecule has 1 heterocycles. The molecule has 0 aliphatic heterocycles. The van der Waals surface area contributed by atoms with Gasteiger partial charge in [0, 0.05) is 16.6 Å². The molecule has 0 radical (unpaired) electrons. The first-order chi connectivity index (χ1) is 11.5. The molecule has 0 fully saturated rings. The van der Waals surface area contributed by atoms with Crippen molar-refractivity contribution in [3.63, 3.8) is 0 Å². The molecule has 1 aromatic heterocycles. The third kappa shape index (κ3) is 3.87. The molecule has 0 spiro atoms. The van der Waals surface area contributed by atoms with E-state index in [1.165, 1.54) is 23.5 Å². The zero-order valence-electron chi connectivity index (χ0n) is 12.9. The first-order valence-corrected chi connectivity index (χ1v) is 9.45. The van der Waals surface area contributed by atoms with Crippen LogP contribution in [0.15, 0.2) is 76.2 Å². The molecule has 0 unspecified atom stereocenters. The van der Waals surface area contributed by atoms with E-state index in [4.69, 9.17) is 0 Å². The molecule has 122 valence electrons. The Morgan fingerprint density at radius 1 is 1.04 bits per heavy atom. The number of rotatable bonds is 4. The predicted octanol–water partition coefficient (Wildman–Crippen LogP) is 3.70. The van der Waals surface area contributed by atoms with Gasteiger partial charge in [-0.1, -0.05) is 48.5 Å². The molecule has 7 heteroatoms. The molecule has 0 atom stereocenters. The second-order valence-corrected chi connectivity index (χ2v) is 7.83. The number of anilines is 1. The maximum Gasteiger partial charge on any atom is 0.284 e. The maximum absolute atomic E-state index is 12.6. The van der Waals surface area contributed by atoms with Crippen molar-refractivity contribution in [2.24, 2.45) is 4.40 Å².